The minimum absolute atomic E-state index is 0.0473. The van der Waals surface area contributed by atoms with Crippen molar-refractivity contribution < 1.29 is 9.94 Å². The maximum Gasteiger partial charge on any atom is 0.233 e. The smallest absolute Gasteiger partial charge is 0.233 e. The number of oxime groups is 1. The highest BCUT2D eigenvalue weighted by atomic mass is 35.5. The lowest BCUT2D eigenvalue weighted by atomic mass is 9.88. The van der Waals surface area contributed by atoms with Crippen molar-refractivity contribution >= 4 is 17.4 Å². The molecule has 1 heterocycles. The summed E-state index contributed by atoms with van der Waals surface area (Å²) in [6.07, 6.45) is 6.23. The van der Waals surface area contributed by atoms with Crippen LogP contribution in [0.1, 0.15) is 38.2 Å². The Balaban J connectivity index is 2.21. The molecule has 0 radical (unpaired) electrons. The van der Waals surface area contributed by atoms with Crippen LogP contribution in [0.4, 0.5) is 0 Å². The molecule has 1 aromatic rings. The molecule has 0 amide bonds. The first-order valence-electron chi connectivity index (χ1n) is 6.42. The van der Waals surface area contributed by atoms with E-state index in [1.54, 1.807) is 12.3 Å². The van der Waals surface area contributed by atoms with E-state index in [9.17, 15) is 0 Å². The van der Waals surface area contributed by atoms with Crippen LogP contribution >= 0.6 is 11.6 Å². The highest BCUT2D eigenvalue weighted by Crippen LogP contribution is 2.31. The van der Waals surface area contributed by atoms with E-state index in [0.29, 0.717) is 17.4 Å². The van der Waals surface area contributed by atoms with Crippen LogP contribution in [0, 0.1) is 5.92 Å². The molecule has 0 bridgehead atoms. The lowest BCUT2D eigenvalue weighted by molar-refractivity contribution is 0.0977. The summed E-state index contributed by atoms with van der Waals surface area (Å²) in [6.45, 7) is 2.17. The third-order valence-corrected chi connectivity index (χ3v) is 3.90. The van der Waals surface area contributed by atoms with Crippen LogP contribution in [-0.2, 0) is 0 Å². The first-order chi connectivity index (χ1) is 9.13. The summed E-state index contributed by atoms with van der Waals surface area (Å²) in [6, 6.07) is 1.59. The predicted molar refractivity (Wildman–Crippen MR) is 73.8 cm³/mol. The number of nitrogens with two attached hydrogens (primary N) is 1. The maximum absolute atomic E-state index is 8.71. The van der Waals surface area contributed by atoms with Crippen LogP contribution in [0.3, 0.4) is 0 Å². The molecule has 1 aromatic heterocycles. The number of ether oxygens (including phenoxy) is 1. The van der Waals surface area contributed by atoms with E-state index in [-0.39, 0.29) is 17.0 Å². The number of hydrogen-bond acceptors (Lipinski definition) is 4. The zero-order valence-electron chi connectivity index (χ0n) is 10.8. The second-order valence-electron chi connectivity index (χ2n) is 4.88. The predicted octanol–water partition coefficient (Wildman–Crippen LogP) is 2.79. The largest absolute Gasteiger partial charge is 0.473 e. The van der Waals surface area contributed by atoms with Crippen molar-refractivity contribution in [3.8, 4) is 5.88 Å². The molecule has 0 saturated heterocycles. The molecule has 2 rings (SSSR count). The van der Waals surface area contributed by atoms with E-state index in [1.807, 2.05) is 0 Å². The molecular weight excluding hydrogens is 266 g/mol. The van der Waals surface area contributed by atoms with Crippen molar-refractivity contribution in [3.63, 3.8) is 0 Å². The number of nitrogens with zero attached hydrogens (tertiary/aromatic N) is 2. The van der Waals surface area contributed by atoms with Gasteiger partial charge in [0.05, 0.1) is 0 Å². The summed E-state index contributed by atoms with van der Waals surface area (Å²) < 4.78 is 5.90. The van der Waals surface area contributed by atoms with E-state index in [4.69, 9.17) is 27.3 Å². The fourth-order valence-electron chi connectivity index (χ4n) is 2.36. The van der Waals surface area contributed by atoms with Gasteiger partial charge >= 0.3 is 0 Å². The normalized spacial score (nSPS) is 24.2. The number of pyridine rings is 1. The fourth-order valence-corrected chi connectivity index (χ4v) is 2.61. The molecule has 0 aliphatic heterocycles. The average molecular weight is 284 g/mol. The molecule has 1 saturated carbocycles. The van der Waals surface area contributed by atoms with Crippen molar-refractivity contribution in [2.24, 2.45) is 16.8 Å². The summed E-state index contributed by atoms with van der Waals surface area (Å²) >= 11 is 6.19. The Morgan fingerprint density at radius 1 is 1.53 bits per heavy atom. The molecule has 6 heteroatoms. The summed E-state index contributed by atoms with van der Waals surface area (Å²) in [7, 11) is 0. The molecule has 0 aromatic carbocycles. The standard InChI is InChI=1S/C13H18ClN3O2/c1-8-4-2-3-5-10(8)19-13-11(14)9(6-7-16-13)12(15)17-18/h6-8,10,18H,2-5H2,1H3,(H2,15,17). The molecule has 1 aliphatic carbocycles. The Bertz CT molecular complexity index is 479. The van der Waals surface area contributed by atoms with Crippen molar-refractivity contribution in [1.82, 2.24) is 4.98 Å². The first-order valence-corrected chi connectivity index (χ1v) is 6.80. The van der Waals surface area contributed by atoms with Crippen LogP contribution in [0.15, 0.2) is 17.4 Å². The van der Waals surface area contributed by atoms with Crippen molar-refractivity contribution in [2.45, 2.75) is 38.7 Å². The molecule has 2 unspecified atom stereocenters. The molecule has 1 fully saturated rings. The zero-order valence-corrected chi connectivity index (χ0v) is 11.6. The van der Waals surface area contributed by atoms with Gasteiger partial charge in [-0.05, 0) is 31.2 Å². The van der Waals surface area contributed by atoms with Gasteiger partial charge in [0.15, 0.2) is 5.84 Å². The minimum Gasteiger partial charge on any atom is -0.473 e. The van der Waals surface area contributed by atoms with Gasteiger partial charge in [0, 0.05) is 11.8 Å². The monoisotopic (exact) mass is 283 g/mol. The SMILES string of the molecule is CC1CCCCC1Oc1nccc(/C(N)=N/O)c1Cl. The Kier molecular flexibility index (Phi) is 4.47. The summed E-state index contributed by atoms with van der Waals surface area (Å²) in [5.41, 5.74) is 5.99. The van der Waals surface area contributed by atoms with Gasteiger partial charge in [0.2, 0.25) is 5.88 Å². The van der Waals surface area contributed by atoms with Crippen molar-refractivity contribution in [2.75, 3.05) is 0 Å². The van der Waals surface area contributed by atoms with Gasteiger partial charge in [-0.2, -0.15) is 0 Å². The third-order valence-electron chi connectivity index (χ3n) is 3.54. The highest BCUT2D eigenvalue weighted by Gasteiger charge is 2.24. The highest BCUT2D eigenvalue weighted by molar-refractivity contribution is 6.35. The van der Waals surface area contributed by atoms with Gasteiger partial charge in [-0.3, -0.25) is 0 Å². The second-order valence-corrected chi connectivity index (χ2v) is 5.26. The molecule has 19 heavy (non-hydrogen) atoms. The van der Waals surface area contributed by atoms with Gasteiger partial charge < -0.3 is 15.7 Å². The molecule has 0 spiro atoms. The van der Waals surface area contributed by atoms with Crippen molar-refractivity contribution in [3.05, 3.63) is 22.8 Å². The van der Waals surface area contributed by atoms with E-state index in [0.717, 1.165) is 19.3 Å². The van der Waals surface area contributed by atoms with Gasteiger partial charge in [-0.1, -0.05) is 30.1 Å². The van der Waals surface area contributed by atoms with Gasteiger partial charge in [0.1, 0.15) is 11.1 Å². The van der Waals surface area contributed by atoms with Crippen molar-refractivity contribution in [1.29, 1.82) is 0 Å². The van der Waals surface area contributed by atoms with Crippen LogP contribution in [-0.4, -0.2) is 22.1 Å². The lowest BCUT2D eigenvalue weighted by Gasteiger charge is -2.29. The molecular formula is C13H18ClN3O2. The number of aromatic nitrogens is 1. The average Bonchev–Trinajstić information content (AvgIpc) is 2.42. The first kappa shape index (κ1) is 13.9. The van der Waals surface area contributed by atoms with Crippen LogP contribution in [0.25, 0.3) is 0 Å². The van der Waals surface area contributed by atoms with E-state index in [1.165, 1.54) is 6.42 Å². The summed E-state index contributed by atoms with van der Waals surface area (Å²) in [5, 5.41) is 11.9. The van der Waals surface area contributed by atoms with Crippen LogP contribution in [0.2, 0.25) is 5.02 Å². The summed E-state index contributed by atoms with van der Waals surface area (Å²) in [5.74, 6) is 0.789. The number of amidine groups is 1. The second kappa shape index (κ2) is 6.10. The number of hydrogen-bond donors (Lipinski definition) is 2. The quantitative estimate of drug-likeness (QED) is 0.387. The Morgan fingerprint density at radius 2 is 2.26 bits per heavy atom. The molecule has 104 valence electrons. The zero-order chi connectivity index (χ0) is 13.8. The number of halogens is 1. The Hall–Kier alpha value is -1.49. The van der Waals surface area contributed by atoms with Crippen LogP contribution in [0.5, 0.6) is 5.88 Å². The van der Waals surface area contributed by atoms with E-state index >= 15 is 0 Å². The van der Waals surface area contributed by atoms with E-state index < -0.39 is 0 Å². The fraction of sp³-hybridized carbons (Fsp3) is 0.538. The van der Waals surface area contributed by atoms with Gasteiger partial charge in [-0.25, -0.2) is 4.98 Å². The topological polar surface area (TPSA) is 80.7 Å². The Labute approximate surface area is 117 Å². The van der Waals surface area contributed by atoms with E-state index in [2.05, 4.69) is 17.1 Å². The third kappa shape index (κ3) is 3.10. The maximum atomic E-state index is 8.71. The molecule has 3 N–H and O–H groups in total. The Morgan fingerprint density at radius 3 is 2.95 bits per heavy atom. The molecule has 2 atom stereocenters. The molecule has 1 aliphatic rings. The summed E-state index contributed by atoms with van der Waals surface area (Å²) in [4.78, 5) is 4.14. The van der Waals surface area contributed by atoms with Crippen LogP contribution < -0.4 is 10.5 Å². The molecule has 5 nitrogen and oxygen atoms in total. The number of rotatable bonds is 3. The van der Waals surface area contributed by atoms with Gasteiger partial charge in [-0.15, -0.1) is 0 Å². The minimum atomic E-state index is -0.0473. The lowest BCUT2D eigenvalue weighted by Crippen LogP contribution is -2.29. The van der Waals surface area contributed by atoms with Gasteiger partial charge in [0.25, 0.3) is 0 Å².